The summed E-state index contributed by atoms with van der Waals surface area (Å²) in [6.45, 7) is 3.98. The van der Waals surface area contributed by atoms with E-state index < -0.39 is 0 Å². The molecule has 9 heteroatoms. The molecule has 1 aliphatic heterocycles. The van der Waals surface area contributed by atoms with Crippen LogP contribution in [0.4, 0.5) is 11.1 Å². The molecule has 5 rings (SSSR count). The van der Waals surface area contributed by atoms with Crippen molar-refractivity contribution in [1.82, 2.24) is 24.0 Å². The first-order valence-corrected chi connectivity index (χ1v) is 9.70. The molecule has 0 aromatic carbocycles. The van der Waals surface area contributed by atoms with Gasteiger partial charge in [0.15, 0.2) is 11.4 Å². The number of methoxy groups -OCH3 is 1. The molecule has 2 aliphatic rings. The summed E-state index contributed by atoms with van der Waals surface area (Å²) in [7, 11) is 1.66. The molecule has 0 radical (unpaired) electrons. The summed E-state index contributed by atoms with van der Waals surface area (Å²) in [6, 6.07) is 4.22. The van der Waals surface area contributed by atoms with Gasteiger partial charge in [0.1, 0.15) is 5.82 Å². The number of aromatic nitrogens is 5. The van der Waals surface area contributed by atoms with Crippen molar-refractivity contribution in [1.29, 1.82) is 0 Å². The zero-order chi connectivity index (χ0) is 17.7. The topological polar surface area (TPSA) is 80.5 Å². The first kappa shape index (κ1) is 15.8. The van der Waals surface area contributed by atoms with Gasteiger partial charge in [0.05, 0.1) is 7.11 Å². The molecule has 0 spiro atoms. The second-order valence-electron chi connectivity index (χ2n) is 7.08. The second kappa shape index (κ2) is 6.08. The first-order chi connectivity index (χ1) is 12.7. The molecule has 1 saturated carbocycles. The van der Waals surface area contributed by atoms with Crippen LogP contribution in [0.3, 0.4) is 0 Å². The van der Waals surface area contributed by atoms with Crippen molar-refractivity contribution in [3.63, 3.8) is 0 Å². The van der Waals surface area contributed by atoms with E-state index in [0.717, 1.165) is 35.4 Å². The van der Waals surface area contributed by atoms with E-state index in [4.69, 9.17) is 4.74 Å². The Kier molecular flexibility index (Phi) is 3.70. The van der Waals surface area contributed by atoms with E-state index in [-0.39, 0.29) is 0 Å². The number of nitrogens with one attached hydrogen (secondary N) is 1. The number of pyridine rings is 1. The van der Waals surface area contributed by atoms with Gasteiger partial charge in [-0.25, -0.2) is 9.50 Å². The molecule has 1 aliphatic carbocycles. The van der Waals surface area contributed by atoms with Crippen LogP contribution in [0.5, 0.6) is 5.75 Å². The maximum atomic E-state index is 5.38. The van der Waals surface area contributed by atoms with Crippen LogP contribution in [0.2, 0.25) is 0 Å². The third-order valence-corrected chi connectivity index (χ3v) is 6.33. The highest BCUT2D eigenvalue weighted by molar-refractivity contribution is 7.09. The summed E-state index contributed by atoms with van der Waals surface area (Å²) in [4.78, 5) is 11.6. The van der Waals surface area contributed by atoms with Gasteiger partial charge >= 0.3 is 0 Å². The monoisotopic (exact) mass is 371 g/mol. The van der Waals surface area contributed by atoms with Gasteiger partial charge in [0, 0.05) is 36.9 Å². The Labute approximate surface area is 155 Å². The molecule has 4 heterocycles. The van der Waals surface area contributed by atoms with Crippen LogP contribution in [0, 0.1) is 18.8 Å². The predicted molar refractivity (Wildman–Crippen MR) is 100 cm³/mol. The van der Waals surface area contributed by atoms with Gasteiger partial charge in [-0.15, -0.1) is 5.10 Å². The normalized spacial score (nSPS) is 25.0. The minimum absolute atomic E-state index is 0.406. The summed E-state index contributed by atoms with van der Waals surface area (Å²) in [5.41, 5.74) is 0.742. The van der Waals surface area contributed by atoms with Gasteiger partial charge in [-0.05, 0) is 43.7 Å². The van der Waals surface area contributed by atoms with Gasteiger partial charge < -0.3 is 15.0 Å². The van der Waals surface area contributed by atoms with Crippen LogP contribution < -0.4 is 15.0 Å². The van der Waals surface area contributed by atoms with Gasteiger partial charge in [0.25, 0.3) is 0 Å². The van der Waals surface area contributed by atoms with E-state index in [1.807, 2.05) is 25.3 Å². The molecule has 26 heavy (non-hydrogen) atoms. The van der Waals surface area contributed by atoms with Gasteiger partial charge in [0.2, 0.25) is 11.1 Å². The second-order valence-corrected chi connectivity index (χ2v) is 7.81. The Morgan fingerprint density at radius 2 is 2.04 bits per heavy atom. The fraction of sp³-hybridized carbons (Fsp3) is 0.529. The van der Waals surface area contributed by atoms with Gasteiger partial charge in [-0.3, -0.25) is 0 Å². The van der Waals surface area contributed by atoms with Crippen molar-refractivity contribution >= 4 is 28.3 Å². The number of aryl methyl sites for hydroxylation is 1. The van der Waals surface area contributed by atoms with E-state index in [2.05, 4.69) is 29.7 Å². The van der Waals surface area contributed by atoms with Crippen molar-refractivity contribution in [2.24, 2.45) is 11.8 Å². The molecule has 1 N–H and O–H groups in total. The fourth-order valence-corrected chi connectivity index (χ4v) is 4.97. The van der Waals surface area contributed by atoms with E-state index in [1.165, 1.54) is 24.4 Å². The molecule has 2 fully saturated rings. The molecule has 8 nitrogen and oxygen atoms in total. The Balaban J connectivity index is 1.36. The first-order valence-electron chi connectivity index (χ1n) is 8.92. The quantitative estimate of drug-likeness (QED) is 0.753. The molecule has 1 saturated heterocycles. The maximum Gasteiger partial charge on any atom is 0.243 e. The van der Waals surface area contributed by atoms with E-state index in [9.17, 15) is 0 Å². The lowest BCUT2D eigenvalue weighted by Gasteiger charge is -2.37. The molecule has 1 unspecified atom stereocenters. The van der Waals surface area contributed by atoms with Crippen LogP contribution in [-0.2, 0) is 0 Å². The number of hydrogen-bond acceptors (Lipinski definition) is 8. The summed E-state index contributed by atoms with van der Waals surface area (Å²) in [6.07, 6.45) is 4.35. The lowest BCUT2D eigenvalue weighted by molar-refractivity contribution is 0.376. The summed E-state index contributed by atoms with van der Waals surface area (Å²) in [5, 5.41) is 9.23. The van der Waals surface area contributed by atoms with Gasteiger partial charge in [-0.1, -0.05) is 0 Å². The van der Waals surface area contributed by atoms with Crippen LogP contribution in [0.1, 0.15) is 18.7 Å². The molecule has 3 atom stereocenters. The third kappa shape index (κ3) is 2.57. The molecular formula is C17H21N7OS. The fourth-order valence-electron chi connectivity index (χ4n) is 4.28. The lowest BCUT2D eigenvalue weighted by atomic mass is 9.92. The molecule has 2 bridgehead atoms. The van der Waals surface area contributed by atoms with Crippen molar-refractivity contribution in [3.8, 4) is 5.75 Å². The van der Waals surface area contributed by atoms with Crippen LogP contribution in [0.15, 0.2) is 18.3 Å². The number of anilines is 2. The summed E-state index contributed by atoms with van der Waals surface area (Å²) >= 11 is 1.50. The number of ether oxygens (including phenoxy) is 1. The van der Waals surface area contributed by atoms with Gasteiger partial charge in [-0.2, -0.15) is 9.36 Å². The third-order valence-electron chi connectivity index (χ3n) is 5.46. The van der Waals surface area contributed by atoms with E-state index >= 15 is 0 Å². The van der Waals surface area contributed by atoms with E-state index in [1.54, 1.807) is 11.6 Å². The largest absolute Gasteiger partial charge is 0.493 e. The van der Waals surface area contributed by atoms with Crippen molar-refractivity contribution < 1.29 is 4.74 Å². The van der Waals surface area contributed by atoms with Crippen molar-refractivity contribution in [2.45, 2.75) is 25.8 Å². The number of hydrogen-bond donors (Lipinski definition) is 1. The molecule has 3 aromatic rings. The number of rotatable bonds is 4. The standard InChI is InChI=1S/C17H21N7OS/c1-10-18-17(26-22-10)23-8-11-5-6-12(9-23)14(11)19-16-20-15-13(25-2)4-3-7-24(15)21-16/h3-4,7,11-12,14H,5-6,8-9H2,1-2H3,(H,19,21)/t11-,12+,14?. The Bertz CT molecular complexity index is 924. The van der Waals surface area contributed by atoms with E-state index in [0.29, 0.717) is 23.8 Å². The molecule has 3 aromatic heterocycles. The average molecular weight is 371 g/mol. The van der Waals surface area contributed by atoms with Crippen LogP contribution >= 0.6 is 11.5 Å². The molecule has 136 valence electrons. The number of nitrogens with zero attached hydrogens (tertiary/aromatic N) is 6. The highest BCUT2D eigenvalue weighted by Gasteiger charge is 2.43. The van der Waals surface area contributed by atoms with Crippen molar-refractivity contribution in [2.75, 3.05) is 30.4 Å². The number of fused-ring (bicyclic) bond motifs is 3. The Morgan fingerprint density at radius 1 is 1.23 bits per heavy atom. The molecule has 0 amide bonds. The Hall–Kier alpha value is -2.42. The maximum absolute atomic E-state index is 5.38. The summed E-state index contributed by atoms with van der Waals surface area (Å²) < 4.78 is 11.5. The minimum atomic E-state index is 0.406. The Morgan fingerprint density at radius 3 is 2.73 bits per heavy atom. The minimum Gasteiger partial charge on any atom is -0.493 e. The van der Waals surface area contributed by atoms with Crippen molar-refractivity contribution in [3.05, 3.63) is 24.2 Å². The average Bonchev–Trinajstić information content (AvgIpc) is 3.31. The number of piperidine rings is 1. The smallest absolute Gasteiger partial charge is 0.243 e. The zero-order valence-electron chi connectivity index (χ0n) is 14.8. The highest BCUT2D eigenvalue weighted by Crippen LogP contribution is 2.40. The summed E-state index contributed by atoms with van der Waals surface area (Å²) in [5.74, 6) is 3.42. The highest BCUT2D eigenvalue weighted by atomic mass is 32.1. The van der Waals surface area contributed by atoms with Crippen LogP contribution in [-0.4, -0.2) is 50.2 Å². The molecular weight excluding hydrogens is 350 g/mol. The SMILES string of the molecule is COc1cccn2nc(NC3[C@@H]4CC[C@H]3CN(c3nc(C)ns3)C4)nc12. The van der Waals surface area contributed by atoms with Crippen LogP contribution in [0.25, 0.3) is 5.65 Å². The predicted octanol–water partition coefficient (Wildman–Crippen LogP) is 2.22. The zero-order valence-corrected chi connectivity index (χ0v) is 15.6. The lowest BCUT2D eigenvalue weighted by Crippen LogP contribution is -2.48.